The number of rotatable bonds is 4. The number of amides is 1. The number of likely N-dealkylation sites (tertiary alicyclic amines) is 1. The molecule has 1 aromatic rings. The van der Waals surface area contributed by atoms with Gasteiger partial charge in [-0.15, -0.1) is 0 Å². The molecule has 1 heterocycles. The highest BCUT2D eigenvalue weighted by atomic mass is 32.2. The van der Waals surface area contributed by atoms with Gasteiger partial charge in [0.15, 0.2) is 9.84 Å². The Morgan fingerprint density at radius 2 is 1.91 bits per heavy atom. The van der Waals surface area contributed by atoms with Gasteiger partial charge in [-0.25, -0.2) is 8.42 Å². The van der Waals surface area contributed by atoms with Gasteiger partial charge >= 0.3 is 0 Å². The minimum atomic E-state index is -3.37. The molecule has 2 unspecified atom stereocenters. The van der Waals surface area contributed by atoms with E-state index < -0.39 is 15.1 Å². The smallest absolute Gasteiger partial charge is 0.241 e. The minimum absolute atomic E-state index is 0.0330. The molecule has 1 aliphatic heterocycles. The first kappa shape index (κ1) is 17.7. The zero-order valence-electron chi connectivity index (χ0n) is 13.8. The highest BCUT2D eigenvalue weighted by molar-refractivity contribution is 7.92. The zero-order chi connectivity index (χ0) is 16.9. The lowest BCUT2D eigenvalue weighted by Crippen LogP contribution is -2.46. The molecule has 23 heavy (non-hydrogen) atoms. The predicted molar refractivity (Wildman–Crippen MR) is 93.8 cm³/mol. The van der Waals surface area contributed by atoms with Gasteiger partial charge in [0.2, 0.25) is 5.91 Å². The van der Waals surface area contributed by atoms with Crippen LogP contribution >= 0.6 is 0 Å². The largest absolute Gasteiger partial charge is 0.335 e. The van der Waals surface area contributed by atoms with Gasteiger partial charge in [0.1, 0.15) is 5.25 Å². The maximum absolute atomic E-state index is 12.6. The van der Waals surface area contributed by atoms with Crippen LogP contribution in [0.25, 0.3) is 6.08 Å². The molecule has 126 valence electrons. The van der Waals surface area contributed by atoms with Crippen molar-refractivity contribution in [2.24, 2.45) is 0 Å². The van der Waals surface area contributed by atoms with Crippen LogP contribution in [0.1, 0.15) is 38.2 Å². The van der Waals surface area contributed by atoms with E-state index in [1.54, 1.807) is 4.90 Å². The van der Waals surface area contributed by atoms with Crippen molar-refractivity contribution >= 4 is 21.8 Å². The van der Waals surface area contributed by atoms with Crippen LogP contribution < -0.4 is 0 Å². The molecule has 0 spiro atoms. The second kappa shape index (κ2) is 7.77. The lowest BCUT2D eigenvalue weighted by Gasteiger charge is -2.30. The van der Waals surface area contributed by atoms with Crippen molar-refractivity contribution in [1.82, 2.24) is 4.90 Å². The van der Waals surface area contributed by atoms with Crippen LogP contribution in [0, 0.1) is 0 Å². The monoisotopic (exact) mass is 335 g/mol. The van der Waals surface area contributed by atoms with Gasteiger partial charge in [-0.2, -0.15) is 0 Å². The van der Waals surface area contributed by atoms with Crippen molar-refractivity contribution in [2.75, 3.05) is 12.8 Å². The summed E-state index contributed by atoms with van der Waals surface area (Å²) >= 11 is 0. The Balaban J connectivity index is 2.20. The average Bonchev–Trinajstić information content (AvgIpc) is 2.77. The molecule has 1 saturated heterocycles. The van der Waals surface area contributed by atoms with Gasteiger partial charge < -0.3 is 4.90 Å². The lowest BCUT2D eigenvalue weighted by molar-refractivity contribution is -0.131. The number of hydrogen-bond acceptors (Lipinski definition) is 3. The van der Waals surface area contributed by atoms with Crippen molar-refractivity contribution in [3.8, 4) is 0 Å². The van der Waals surface area contributed by atoms with Gasteiger partial charge in [0.05, 0.1) is 6.04 Å². The molecule has 2 atom stereocenters. The van der Waals surface area contributed by atoms with Gasteiger partial charge in [0, 0.05) is 12.8 Å². The maximum Gasteiger partial charge on any atom is 0.241 e. The summed E-state index contributed by atoms with van der Waals surface area (Å²) in [6.45, 7) is 2.11. The molecule has 1 amide bonds. The molecule has 0 bridgehead atoms. The van der Waals surface area contributed by atoms with Crippen LogP contribution in [0.5, 0.6) is 0 Å². The molecule has 1 fully saturated rings. The fraction of sp³-hybridized carbons (Fsp3) is 0.500. The van der Waals surface area contributed by atoms with Crippen molar-refractivity contribution < 1.29 is 13.2 Å². The Kier molecular flexibility index (Phi) is 5.99. The molecule has 0 radical (unpaired) electrons. The molecule has 1 aliphatic rings. The highest BCUT2D eigenvalue weighted by Crippen LogP contribution is 2.21. The normalized spacial score (nSPS) is 21.1. The Morgan fingerprint density at radius 3 is 2.57 bits per heavy atom. The maximum atomic E-state index is 12.6. The van der Waals surface area contributed by atoms with E-state index in [9.17, 15) is 13.2 Å². The Morgan fingerprint density at radius 1 is 1.22 bits per heavy atom. The lowest BCUT2D eigenvalue weighted by atomic mass is 10.1. The van der Waals surface area contributed by atoms with E-state index in [0.717, 1.165) is 37.5 Å². The first-order valence-electron chi connectivity index (χ1n) is 8.12. The topological polar surface area (TPSA) is 54.5 Å². The molecule has 2 rings (SSSR count). The molecular weight excluding hydrogens is 310 g/mol. The van der Waals surface area contributed by atoms with Crippen LogP contribution in [0.2, 0.25) is 0 Å². The van der Waals surface area contributed by atoms with Crippen molar-refractivity contribution in [3.63, 3.8) is 0 Å². The molecule has 0 N–H and O–H groups in total. The van der Waals surface area contributed by atoms with Gasteiger partial charge in [-0.05, 0) is 25.3 Å². The third-order valence-corrected chi connectivity index (χ3v) is 5.87. The Labute approximate surface area is 139 Å². The van der Waals surface area contributed by atoms with E-state index in [1.165, 1.54) is 6.92 Å². The Bertz CT molecular complexity index is 652. The van der Waals surface area contributed by atoms with E-state index in [4.69, 9.17) is 0 Å². The van der Waals surface area contributed by atoms with Crippen LogP contribution in [-0.4, -0.2) is 43.3 Å². The molecule has 4 nitrogen and oxygen atoms in total. The third kappa shape index (κ3) is 4.93. The SMILES string of the molecule is CC(C(=O)N1CCCCCC1/C=C/c1ccccc1)S(C)(=O)=O. The molecule has 5 heteroatoms. The summed E-state index contributed by atoms with van der Waals surface area (Å²) in [5, 5.41) is -0.978. The van der Waals surface area contributed by atoms with E-state index in [0.29, 0.717) is 6.54 Å². The highest BCUT2D eigenvalue weighted by Gasteiger charge is 2.32. The summed E-state index contributed by atoms with van der Waals surface area (Å²) in [6, 6.07) is 9.90. The quantitative estimate of drug-likeness (QED) is 0.850. The summed E-state index contributed by atoms with van der Waals surface area (Å²) in [4.78, 5) is 14.4. The molecule has 0 aromatic heterocycles. The van der Waals surface area contributed by atoms with Crippen LogP contribution in [0.3, 0.4) is 0 Å². The van der Waals surface area contributed by atoms with E-state index in [1.807, 2.05) is 42.5 Å². The Hall–Kier alpha value is -1.62. The first-order chi connectivity index (χ1) is 10.9. The van der Waals surface area contributed by atoms with E-state index in [-0.39, 0.29) is 11.9 Å². The average molecular weight is 335 g/mol. The van der Waals surface area contributed by atoms with Crippen molar-refractivity contribution in [2.45, 2.75) is 43.9 Å². The minimum Gasteiger partial charge on any atom is -0.335 e. The first-order valence-corrected chi connectivity index (χ1v) is 10.1. The van der Waals surface area contributed by atoms with Crippen LogP contribution in [0.4, 0.5) is 0 Å². The number of benzene rings is 1. The van der Waals surface area contributed by atoms with Gasteiger partial charge in [-0.1, -0.05) is 55.3 Å². The third-order valence-electron chi connectivity index (χ3n) is 4.38. The van der Waals surface area contributed by atoms with Crippen molar-refractivity contribution in [3.05, 3.63) is 42.0 Å². The van der Waals surface area contributed by atoms with Crippen LogP contribution in [0.15, 0.2) is 36.4 Å². The molecule has 1 aromatic carbocycles. The summed E-state index contributed by atoms with van der Waals surface area (Å²) in [7, 11) is -3.37. The number of carbonyl (C=O) groups is 1. The number of carbonyl (C=O) groups excluding carboxylic acids is 1. The standard InChI is InChI=1S/C18H25NO3S/c1-15(23(2,21)22)18(20)19-14-8-4-7-11-17(19)13-12-16-9-5-3-6-10-16/h3,5-6,9-10,12-13,15,17H,4,7-8,11,14H2,1-2H3/b13-12+. The van der Waals surface area contributed by atoms with E-state index >= 15 is 0 Å². The summed E-state index contributed by atoms with van der Waals surface area (Å²) in [6.07, 6.45) is 9.12. The van der Waals surface area contributed by atoms with Gasteiger partial charge in [-0.3, -0.25) is 4.79 Å². The fourth-order valence-electron chi connectivity index (χ4n) is 2.81. The second-order valence-electron chi connectivity index (χ2n) is 6.19. The van der Waals surface area contributed by atoms with Crippen LogP contribution in [-0.2, 0) is 14.6 Å². The fourth-order valence-corrected chi connectivity index (χ4v) is 3.31. The summed E-state index contributed by atoms with van der Waals surface area (Å²) in [5.74, 6) is -0.280. The van der Waals surface area contributed by atoms with Gasteiger partial charge in [0.25, 0.3) is 0 Å². The molecular formula is C18H25NO3S. The van der Waals surface area contributed by atoms with Crippen molar-refractivity contribution in [1.29, 1.82) is 0 Å². The number of hydrogen-bond donors (Lipinski definition) is 0. The molecule has 0 aliphatic carbocycles. The second-order valence-corrected chi connectivity index (χ2v) is 8.56. The summed E-state index contributed by atoms with van der Waals surface area (Å²) < 4.78 is 23.4. The summed E-state index contributed by atoms with van der Waals surface area (Å²) in [5.41, 5.74) is 1.08. The van der Waals surface area contributed by atoms with E-state index in [2.05, 4.69) is 0 Å². The predicted octanol–water partition coefficient (Wildman–Crippen LogP) is 2.90. The number of nitrogens with zero attached hydrogens (tertiary/aromatic N) is 1. The number of sulfone groups is 1. The molecule has 0 saturated carbocycles. The zero-order valence-corrected chi connectivity index (χ0v) is 14.6.